The van der Waals surface area contributed by atoms with Gasteiger partial charge in [0.2, 0.25) is 0 Å². The summed E-state index contributed by atoms with van der Waals surface area (Å²) in [6.07, 6.45) is -0.237. The molecule has 0 aliphatic heterocycles. The largest absolute Gasteiger partial charge is 0.484 e. The Bertz CT molecular complexity index is 663. The molecule has 0 aliphatic rings. The third-order valence-corrected chi connectivity index (χ3v) is 2.90. The van der Waals surface area contributed by atoms with Crippen molar-refractivity contribution in [2.24, 2.45) is 0 Å². The highest BCUT2D eigenvalue weighted by atomic mass is 19.4. The van der Waals surface area contributed by atoms with E-state index in [0.29, 0.717) is 5.56 Å². The standard InChI is InChI=1S/C15H14F3N3O2/c1-10(21-14(22)13-8-19-5-6-20-13)11-3-2-4-12(7-11)23-9-15(16,17)18/h2-8,10H,9H2,1H3,(H,21,22). The van der Waals surface area contributed by atoms with Crippen molar-refractivity contribution in [3.05, 3.63) is 54.1 Å². The summed E-state index contributed by atoms with van der Waals surface area (Å²) < 4.78 is 41.2. The molecule has 0 spiro atoms. The second-order valence-corrected chi connectivity index (χ2v) is 4.76. The highest BCUT2D eigenvalue weighted by Crippen LogP contribution is 2.22. The summed E-state index contributed by atoms with van der Waals surface area (Å²) in [5.74, 6) is -0.340. The number of alkyl halides is 3. The molecule has 1 aromatic carbocycles. The van der Waals surface area contributed by atoms with Crippen LogP contribution in [-0.4, -0.2) is 28.7 Å². The van der Waals surface area contributed by atoms with Crippen LogP contribution in [0.25, 0.3) is 0 Å². The second kappa shape index (κ2) is 7.08. The van der Waals surface area contributed by atoms with Crippen molar-refractivity contribution < 1.29 is 22.7 Å². The van der Waals surface area contributed by atoms with E-state index in [1.54, 1.807) is 19.1 Å². The molecule has 5 nitrogen and oxygen atoms in total. The Balaban J connectivity index is 2.02. The summed E-state index contributed by atoms with van der Waals surface area (Å²) in [6, 6.07) is 5.69. The molecule has 1 aromatic heterocycles. The van der Waals surface area contributed by atoms with E-state index in [-0.39, 0.29) is 11.4 Å². The lowest BCUT2D eigenvalue weighted by atomic mass is 10.1. The zero-order valence-corrected chi connectivity index (χ0v) is 12.2. The number of halogens is 3. The number of carbonyl (C=O) groups excluding carboxylic acids is 1. The molecule has 1 N–H and O–H groups in total. The predicted molar refractivity (Wildman–Crippen MR) is 75.9 cm³/mol. The van der Waals surface area contributed by atoms with Crippen LogP contribution < -0.4 is 10.1 Å². The van der Waals surface area contributed by atoms with Gasteiger partial charge in [-0.15, -0.1) is 0 Å². The molecule has 23 heavy (non-hydrogen) atoms. The van der Waals surface area contributed by atoms with Gasteiger partial charge in [-0.05, 0) is 24.6 Å². The molecule has 2 rings (SSSR count). The van der Waals surface area contributed by atoms with E-state index < -0.39 is 24.7 Å². The number of aromatic nitrogens is 2. The summed E-state index contributed by atoms with van der Waals surface area (Å²) in [6.45, 7) is 0.341. The van der Waals surface area contributed by atoms with Crippen molar-refractivity contribution in [1.29, 1.82) is 0 Å². The van der Waals surface area contributed by atoms with Gasteiger partial charge in [0.1, 0.15) is 11.4 Å². The van der Waals surface area contributed by atoms with Crippen LogP contribution in [0.2, 0.25) is 0 Å². The van der Waals surface area contributed by atoms with E-state index in [2.05, 4.69) is 15.3 Å². The highest BCUT2D eigenvalue weighted by molar-refractivity contribution is 5.92. The Hall–Kier alpha value is -2.64. The molecule has 1 amide bonds. The van der Waals surface area contributed by atoms with E-state index >= 15 is 0 Å². The predicted octanol–water partition coefficient (Wildman–Crippen LogP) is 2.91. The maximum absolute atomic E-state index is 12.2. The normalized spacial score (nSPS) is 12.5. The van der Waals surface area contributed by atoms with Crippen molar-refractivity contribution in [1.82, 2.24) is 15.3 Å². The summed E-state index contributed by atoms with van der Waals surface area (Å²) >= 11 is 0. The van der Waals surface area contributed by atoms with Crippen LogP contribution in [-0.2, 0) is 0 Å². The number of ether oxygens (including phenoxy) is 1. The van der Waals surface area contributed by atoms with Crippen molar-refractivity contribution in [2.75, 3.05) is 6.61 Å². The lowest BCUT2D eigenvalue weighted by molar-refractivity contribution is -0.153. The Morgan fingerprint density at radius 2 is 2.13 bits per heavy atom. The van der Waals surface area contributed by atoms with E-state index in [1.807, 2.05) is 0 Å². The molecule has 0 radical (unpaired) electrons. The van der Waals surface area contributed by atoms with Gasteiger partial charge in [0, 0.05) is 12.4 Å². The first-order valence-electron chi connectivity index (χ1n) is 6.71. The van der Waals surface area contributed by atoms with Crippen molar-refractivity contribution in [2.45, 2.75) is 19.1 Å². The summed E-state index contributed by atoms with van der Waals surface area (Å²) in [5.41, 5.74) is 0.769. The molecule has 8 heteroatoms. The number of hydrogen-bond donors (Lipinski definition) is 1. The monoisotopic (exact) mass is 325 g/mol. The minimum absolute atomic E-state index is 0.0837. The number of hydrogen-bond acceptors (Lipinski definition) is 4. The van der Waals surface area contributed by atoms with Gasteiger partial charge in [-0.25, -0.2) is 4.98 Å². The van der Waals surface area contributed by atoms with E-state index in [4.69, 9.17) is 4.74 Å². The number of nitrogens with zero attached hydrogens (tertiary/aromatic N) is 2. The molecule has 0 bridgehead atoms. The first kappa shape index (κ1) is 16.7. The van der Waals surface area contributed by atoms with Crippen LogP contribution in [0.3, 0.4) is 0 Å². The lowest BCUT2D eigenvalue weighted by Gasteiger charge is -2.15. The number of amides is 1. The zero-order valence-electron chi connectivity index (χ0n) is 12.2. The highest BCUT2D eigenvalue weighted by Gasteiger charge is 2.28. The van der Waals surface area contributed by atoms with Crippen molar-refractivity contribution in [3.63, 3.8) is 0 Å². The van der Waals surface area contributed by atoms with Gasteiger partial charge in [0.15, 0.2) is 6.61 Å². The first-order valence-corrected chi connectivity index (χ1v) is 6.71. The quantitative estimate of drug-likeness (QED) is 0.918. The summed E-state index contributed by atoms with van der Waals surface area (Å²) in [5, 5.41) is 2.69. The molecule has 1 unspecified atom stereocenters. The Kier molecular flexibility index (Phi) is 5.15. The number of benzene rings is 1. The average molecular weight is 325 g/mol. The van der Waals surface area contributed by atoms with Crippen LogP contribution in [0.15, 0.2) is 42.9 Å². The number of carbonyl (C=O) groups is 1. The lowest BCUT2D eigenvalue weighted by Crippen LogP contribution is -2.27. The Morgan fingerprint density at radius 1 is 1.35 bits per heavy atom. The second-order valence-electron chi connectivity index (χ2n) is 4.76. The van der Waals surface area contributed by atoms with Gasteiger partial charge >= 0.3 is 6.18 Å². The van der Waals surface area contributed by atoms with E-state index in [1.165, 1.54) is 30.7 Å². The maximum Gasteiger partial charge on any atom is 0.422 e. The molecule has 122 valence electrons. The van der Waals surface area contributed by atoms with Gasteiger partial charge in [0.25, 0.3) is 5.91 Å². The summed E-state index contributed by atoms with van der Waals surface area (Å²) in [7, 11) is 0. The average Bonchev–Trinajstić information content (AvgIpc) is 2.53. The smallest absolute Gasteiger partial charge is 0.422 e. The zero-order chi connectivity index (χ0) is 16.9. The molecule has 0 saturated heterocycles. The van der Waals surface area contributed by atoms with Crippen LogP contribution >= 0.6 is 0 Å². The Morgan fingerprint density at radius 3 is 2.78 bits per heavy atom. The fourth-order valence-corrected chi connectivity index (χ4v) is 1.81. The minimum atomic E-state index is -4.40. The fourth-order valence-electron chi connectivity index (χ4n) is 1.81. The number of nitrogens with one attached hydrogen (secondary N) is 1. The molecule has 1 heterocycles. The van der Waals surface area contributed by atoms with Crippen molar-refractivity contribution >= 4 is 5.91 Å². The molecular weight excluding hydrogens is 311 g/mol. The van der Waals surface area contributed by atoms with Crippen LogP contribution in [0.4, 0.5) is 13.2 Å². The van der Waals surface area contributed by atoms with Crippen LogP contribution in [0, 0.1) is 0 Å². The molecule has 0 fully saturated rings. The number of rotatable bonds is 5. The van der Waals surface area contributed by atoms with Gasteiger partial charge < -0.3 is 10.1 Å². The molecule has 0 saturated carbocycles. The molecular formula is C15H14F3N3O2. The van der Waals surface area contributed by atoms with E-state index in [0.717, 1.165) is 0 Å². The molecule has 2 aromatic rings. The van der Waals surface area contributed by atoms with Gasteiger partial charge in [-0.3, -0.25) is 9.78 Å². The van der Waals surface area contributed by atoms with Gasteiger partial charge in [-0.2, -0.15) is 13.2 Å². The van der Waals surface area contributed by atoms with Crippen molar-refractivity contribution in [3.8, 4) is 5.75 Å². The third-order valence-electron chi connectivity index (χ3n) is 2.90. The minimum Gasteiger partial charge on any atom is -0.484 e. The van der Waals surface area contributed by atoms with E-state index in [9.17, 15) is 18.0 Å². The van der Waals surface area contributed by atoms with Gasteiger partial charge in [0.05, 0.1) is 12.2 Å². The molecule has 1 atom stereocenters. The van der Waals surface area contributed by atoms with Gasteiger partial charge in [-0.1, -0.05) is 12.1 Å². The third kappa shape index (κ3) is 5.24. The summed E-state index contributed by atoms with van der Waals surface area (Å²) in [4.78, 5) is 19.6. The first-order chi connectivity index (χ1) is 10.8. The topological polar surface area (TPSA) is 64.1 Å². The Labute approximate surface area is 130 Å². The SMILES string of the molecule is CC(NC(=O)c1cnccn1)c1cccc(OCC(F)(F)F)c1. The fraction of sp³-hybridized carbons (Fsp3) is 0.267. The molecule has 0 aliphatic carbocycles. The van der Waals surface area contributed by atoms with Crippen LogP contribution in [0.1, 0.15) is 29.0 Å². The maximum atomic E-state index is 12.2. The van der Waals surface area contributed by atoms with Crippen LogP contribution in [0.5, 0.6) is 5.75 Å².